The number of nitrogens with two attached hydrogens (primary N) is 1. The van der Waals surface area contributed by atoms with E-state index in [0.29, 0.717) is 108 Å². The summed E-state index contributed by atoms with van der Waals surface area (Å²) in [6, 6.07) is 30.0. The molecule has 26 heteroatoms. The van der Waals surface area contributed by atoms with E-state index in [1.54, 1.807) is 58.8 Å². The average Bonchev–Trinajstić information content (AvgIpc) is 0.778. The number of ether oxygens (including phenoxy) is 5. The molecule has 4 saturated heterocycles. The summed E-state index contributed by atoms with van der Waals surface area (Å²) in [6.45, 7) is 11.2. The van der Waals surface area contributed by atoms with E-state index in [1.165, 1.54) is 153 Å². The third-order valence-corrected chi connectivity index (χ3v) is 30.8. The van der Waals surface area contributed by atoms with Gasteiger partial charge in [0.05, 0.1) is 11.7 Å². The Bertz CT molecular complexity index is 3780. The van der Waals surface area contributed by atoms with Crippen LogP contribution in [-0.2, 0) is 35.0 Å². The van der Waals surface area contributed by atoms with Crippen LogP contribution in [0.15, 0.2) is 103 Å². The third kappa shape index (κ3) is 38.9. The van der Waals surface area contributed by atoms with Crippen LogP contribution < -0.4 is 43.0 Å². The highest BCUT2D eigenvalue weighted by molar-refractivity contribution is 5.76. The van der Waals surface area contributed by atoms with Crippen LogP contribution in [0.25, 0.3) is 0 Å². The van der Waals surface area contributed by atoms with Gasteiger partial charge in [0.1, 0.15) is 23.1 Å². The van der Waals surface area contributed by atoms with Gasteiger partial charge in [-0.2, -0.15) is 0 Å². The minimum atomic E-state index is -1.43. The van der Waals surface area contributed by atoms with Crippen molar-refractivity contribution in [2.24, 2.45) is 53.1 Å². The molecule has 0 aromatic heterocycles. The first-order chi connectivity index (χ1) is 66.2. The number of nitrogens with zero attached hydrogens (tertiary/aromatic N) is 4. The van der Waals surface area contributed by atoms with Crippen LogP contribution in [0.2, 0.25) is 0 Å². The molecular formula is C110H180F4N12O10. The van der Waals surface area contributed by atoms with Crippen molar-refractivity contribution in [2.75, 3.05) is 161 Å². The number of likely N-dealkylation sites (N-methyl/N-ethyl adjacent to an activating group) is 3. The van der Waals surface area contributed by atoms with Gasteiger partial charge in [-0.05, 0) is 250 Å². The average molecular weight is 1910 g/mol. The maximum absolute atomic E-state index is 16.8. The number of unbranched alkanes of at least 4 members (excludes halogenated alkanes) is 3. The Morgan fingerprint density at radius 2 is 0.772 bits per heavy atom. The van der Waals surface area contributed by atoms with Gasteiger partial charge in [0.25, 0.3) is 0 Å². The number of aliphatic hydroxyl groups is 1. The van der Waals surface area contributed by atoms with E-state index in [1.807, 2.05) is 83.2 Å². The van der Waals surface area contributed by atoms with Crippen molar-refractivity contribution in [1.82, 2.24) is 56.8 Å². The predicted octanol–water partition coefficient (Wildman–Crippen LogP) is 20.8. The zero-order valence-electron chi connectivity index (χ0n) is 84.6. The molecule has 0 spiro atoms. The largest absolute Gasteiger partial charge is 0.385 e. The lowest BCUT2D eigenvalue weighted by Crippen LogP contribution is -2.53. The van der Waals surface area contributed by atoms with Crippen LogP contribution in [0.3, 0.4) is 0 Å². The van der Waals surface area contributed by atoms with E-state index in [2.05, 4.69) is 43.3 Å². The van der Waals surface area contributed by atoms with Gasteiger partial charge in [-0.15, -0.1) is 0 Å². The fraction of sp³-hybridized carbons (Fsp3) is 0.745. The Hall–Kier alpha value is -6.72. The number of piperidine rings is 4. The number of hydrogen-bond donors (Lipinski definition) is 9. The van der Waals surface area contributed by atoms with Gasteiger partial charge in [0, 0.05) is 182 Å². The van der Waals surface area contributed by atoms with E-state index in [-0.39, 0.29) is 95.5 Å². The first-order valence-corrected chi connectivity index (χ1v) is 53.4. The number of amides is 8. The summed E-state index contributed by atoms with van der Waals surface area (Å²) in [5.41, 5.74) is 6.63. The number of halogens is 4. The molecule has 8 amide bonds. The first kappa shape index (κ1) is 113. The lowest BCUT2D eigenvalue weighted by Gasteiger charge is -2.43. The standard InChI is InChI=1S/2C28H46FN3O2.2C27H44FN3O3/c1-30-21-26(20-23-12-5-3-6-13-23)31-27(33)32-18-11-16-25(22-32)28(29,17-9-10-19-34-2)24-14-7-4-8-15-24;1-30-20-26(18-22-10-4-3-5-11-22)31-28(33)32-16-9-13-24(21-32)27(15-6-7-17-34-2)23-12-8-14-25(29)19-23;1-29-19-25(17-21-9-4-3-5-10-21)30-27(32)31-14-7-12-23(20-31)26(34-16-8-15-33-2)22-11-6-13-24(28)18-22;1-34-16-6-5-14-27(33,22-11-7-13-24(28)18-22)23-12-8-15-31(20-23)26(32)30-25(19-29)17-21-9-3-2-4-10-21/h4,7-8,14-15,23,25-26,30H,3,5-6,9-13,16-22H2,1-2H3,(H,31,33);8,12,14,19,22,24,26-27,30H,3-7,9-11,13,15-18,20-21H2,1-2H3,(H,31,33);6,11,13,18,21,23,25-26,29H,3-5,7-10,12,14-17,19-20H2,1-2H3,(H,30,32);7,11,13,18,21,23,25,33H,2-6,8-10,12,14-17,19-20,29H2,1H3,(H,30,32)/t25-,26+,28-;24-,26+,27+;23-,25+,26+;23-,25+,27-/m1111/s1. The topological polar surface area (TPSA) is 258 Å². The van der Waals surface area contributed by atoms with Gasteiger partial charge < -0.3 is 91.3 Å². The highest BCUT2D eigenvalue weighted by atomic mass is 19.1. The molecule has 4 heterocycles. The third-order valence-electron chi connectivity index (χ3n) is 30.8. The van der Waals surface area contributed by atoms with E-state index < -0.39 is 11.3 Å². The molecule has 4 aromatic carbocycles. The van der Waals surface area contributed by atoms with Crippen molar-refractivity contribution < 1.29 is 65.5 Å². The van der Waals surface area contributed by atoms with Gasteiger partial charge in [-0.25, -0.2) is 36.7 Å². The minimum Gasteiger partial charge on any atom is -0.385 e. The van der Waals surface area contributed by atoms with Crippen LogP contribution in [0, 0.1) is 64.8 Å². The van der Waals surface area contributed by atoms with Crippen molar-refractivity contribution >= 4 is 24.1 Å². The fourth-order valence-electron chi connectivity index (χ4n) is 23.5. The van der Waals surface area contributed by atoms with E-state index in [0.717, 1.165) is 197 Å². The van der Waals surface area contributed by atoms with Gasteiger partial charge in [-0.1, -0.05) is 202 Å². The number of carbonyl (C=O) groups excluding carboxylic acids is 4. The lowest BCUT2D eigenvalue weighted by molar-refractivity contribution is -0.0566. The molecule has 12 atom stereocenters. The highest BCUT2D eigenvalue weighted by Crippen LogP contribution is 2.46. The quantitative estimate of drug-likeness (QED) is 0.0147. The molecule has 8 fully saturated rings. The summed E-state index contributed by atoms with van der Waals surface area (Å²) in [4.78, 5) is 60.6. The van der Waals surface area contributed by atoms with Crippen molar-refractivity contribution in [2.45, 2.75) is 317 Å². The van der Waals surface area contributed by atoms with Crippen LogP contribution in [0.1, 0.15) is 304 Å². The predicted molar refractivity (Wildman–Crippen MR) is 540 cm³/mol. The molecule has 4 aliphatic heterocycles. The van der Waals surface area contributed by atoms with Crippen LogP contribution in [-0.4, -0.2) is 234 Å². The molecule has 4 saturated carbocycles. The molecule has 12 rings (SSSR count). The second kappa shape index (κ2) is 63.9. The lowest BCUT2D eigenvalue weighted by atomic mass is 9.74. The monoisotopic (exact) mass is 1910 g/mol. The number of nitrogens with one attached hydrogen (secondary N) is 7. The smallest absolute Gasteiger partial charge is 0.317 e. The van der Waals surface area contributed by atoms with Crippen molar-refractivity contribution in [1.29, 1.82) is 0 Å². The van der Waals surface area contributed by atoms with Crippen LogP contribution in [0.4, 0.5) is 36.7 Å². The second-order valence-electron chi connectivity index (χ2n) is 41.1. The molecule has 136 heavy (non-hydrogen) atoms. The Kier molecular flexibility index (Phi) is 53.1. The van der Waals surface area contributed by atoms with E-state index in [9.17, 15) is 37.5 Å². The van der Waals surface area contributed by atoms with E-state index >= 15 is 4.39 Å². The molecule has 8 aliphatic rings. The molecule has 0 unspecified atom stereocenters. The van der Waals surface area contributed by atoms with E-state index in [4.69, 9.17) is 29.4 Å². The number of benzene rings is 4. The van der Waals surface area contributed by atoms with Crippen molar-refractivity contribution in [3.8, 4) is 0 Å². The Morgan fingerprint density at radius 1 is 0.397 bits per heavy atom. The SMILES string of the molecule is CNC[C@H](CC1CCCCC1)NC(=O)N1CCC[C@@H]([C@@H](CCCCOC)c2cccc(F)c2)C1.CNC[C@H](CC1CCCCC1)NC(=O)N1CCC[C@@H]([C@@H](OCCCOC)c2cccc(F)c2)C1.CNC[C@H](CC1CCCCC1)NC(=O)N1CCC[C@@H]([C@@](F)(CCCCOC)c2ccccc2)C1.COCCCC[C@@](O)(c1cccc(F)c1)[C@@H]1CCCN(C(=O)N[C@H](CN)CC2CCCCC2)C1. The number of urea groups is 4. The zero-order chi connectivity index (χ0) is 97.0. The summed E-state index contributed by atoms with van der Waals surface area (Å²) >= 11 is 0. The zero-order valence-corrected chi connectivity index (χ0v) is 84.6. The Balaban J connectivity index is 0.000000203. The number of hydrogen-bond acceptors (Lipinski definition) is 14. The Morgan fingerprint density at radius 3 is 1.23 bits per heavy atom. The second-order valence-corrected chi connectivity index (χ2v) is 41.1. The molecule has 4 aromatic rings. The molecule has 10 N–H and O–H groups in total. The summed E-state index contributed by atoms with van der Waals surface area (Å²) in [7, 11) is 12.6. The maximum Gasteiger partial charge on any atom is 0.317 e. The summed E-state index contributed by atoms with van der Waals surface area (Å²) in [5, 5.41) is 34.8. The van der Waals surface area contributed by atoms with Crippen molar-refractivity contribution in [3.63, 3.8) is 0 Å². The summed E-state index contributed by atoms with van der Waals surface area (Å²) < 4.78 is 85.8. The number of methoxy groups -OCH3 is 4. The molecule has 0 radical (unpaired) electrons. The number of carbonyl (C=O) groups is 4. The Labute approximate surface area is 816 Å². The number of likely N-dealkylation sites (tertiary alicyclic amines) is 4. The first-order valence-electron chi connectivity index (χ1n) is 53.4. The molecule has 768 valence electrons. The van der Waals surface area contributed by atoms with Crippen LogP contribution >= 0.6 is 0 Å². The summed E-state index contributed by atoms with van der Waals surface area (Å²) in [6.07, 6.45) is 44.9. The highest BCUT2D eigenvalue weighted by Gasteiger charge is 2.45. The van der Waals surface area contributed by atoms with Gasteiger partial charge in [0.15, 0.2) is 0 Å². The molecule has 0 bridgehead atoms. The summed E-state index contributed by atoms with van der Waals surface area (Å²) in [5.74, 6) is 2.37. The van der Waals surface area contributed by atoms with Crippen LogP contribution in [0.5, 0.6) is 0 Å². The molecular weight excluding hydrogens is 1730 g/mol. The van der Waals surface area contributed by atoms with Crippen molar-refractivity contribution in [3.05, 3.63) is 143 Å². The molecule has 4 aliphatic carbocycles. The van der Waals surface area contributed by atoms with Gasteiger partial charge in [-0.3, -0.25) is 0 Å². The van der Waals surface area contributed by atoms with Gasteiger partial charge >= 0.3 is 24.1 Å². The number of rotatable bonds is 47. The number of alkyl halides is 1. The molecule has 22 nitrogen and oxygen atoms in total. The maximum atomic E-state index is 16.8. The minimum absolute atomic E-state index is 0.0122. The fourth-order valence-corrected chi connectivity index (χ4v) is 23.5. The van der Waals surface area contributed by atoms with Gasteiger partial charge in [0.2, 0.25) is 0 Å². The normalized spacial score (nSPS) is 21.7.